The first kappa shape index (κ1) is 22.3. The maximum absolute atomic E-state index is 11.9. The highest BCUT2D eigenvalue weighted by Crippen LogP contribution is 2.30. The van der Waals surface area contributed by atoms with E-state index in [2.05, 4.69) is 12.0 Å². The Morgan fingerprint density at radius 1 is 1.10 bits per heavy atom. The van der Waals surface area contributed by atoms with Gasteiger partial charge in [-0.3, -0.25) is 14.7 Å². The van der Waals surface area contributed by atoms with Gasteiger partial charge in [0.25, 0.3) is 5.91 Å². The summed E-state index contributed by atoms with van der Waals surface area (Å²) in [6.45, 7) is 3.78. The fourth-order valence-corrected chi connectivity index (χ4v) is 3.60. The summed E-state index contributed by atoms with van der Waals surface area (Å²) >= 11 is 0. The number of unbranched alkanes of at least 4 members (excludes halogenated alkanes) is 7. The summed E-state index contributed by atoms with van der Waals surface area (Å²) < 4.78 is 7.70. The number of carbonyl (C=O) groups is 1. The van der Waals surface area contributed by atoms with Crippen LogP contribution in [0.2, 0.25) is 0 Å². The van der Waals surface area contributed by atoms with Gasteiger partial charge in [0, 0.05) is 12.1 Å². The van der Waals surface area contributed by atoms with Crippen molar-refractivity contribution in [2.75, 3.05) is 6.61 Å². The smallest absolute Gasteiger partial charge is 0.295 e. The highest BCUT2D eigenvalue weighted by molar-refractivity contribution is 5.92. The van der Waals surface area contributed by atoms with E-state index in [4.69, 9.17) is 9.94 Å². The van der Waals surface area contributed by atoms with Crippen LogP contribution in [0, 0.1) is 5.92 Å². The molecule has 0 unspecified atom stereocenters. The molecule has 30 heavy (non-hydrogen) atoms. The molecular weight excluding hydrogens is 378 g/mol. The quantitative estimate of drug-likeness (QED) is 0.240. The number of nitrogens with one attached hydrogen (secondary N) is 1. The number of nitrogens with zero attached hydrogens (tertiary/aromatic N) is 2. The van der Waals surface area contributed by atoms with Crippen molar-refractivity contribution in [3.05, 3.63) is 36.0 Å². The Hall–Kier alpha value is -2.34. The average Bonchev–Trinajstić information content (AvgIpc) is 3.51. The molecule has 1 saturated carbocycles. The maximum Gasteiger partial charge on any atom is 0.295 e. The molecule has 0 atom stereocenters. The number of benzene rings is 1. The predicted molar refractivity (Wildman–Crippen MR) is 118 cm³/mol. The van der Waals surface area contributed by atoms with Gasteiger partial charge in [-0.25, -0.2) is 5.48 Å². The molecule has 1 aromatic heterocycles. The lowest BCUT2D eigenvalue weighted by Crippen LogP contribution is -2.19. The number of hydrogen-bond donors (Lipinski definition) is 2. The molecule has 0 bridgehead atoms. The summed E-state index contributed by atoms with van der Waals surface area (Å²) in [7, 11) is 0. The third kappa shape index (κ3) is 6.87. The van der Waals surface area contributed by atoms with Gasteiger partial charge in [0.2, 0.25) is 0 Å². The van der Waals surface area contributed by atoms with E-state index in [1.807, 2.05) is 28.9 Å². The van der Waals surface area contributed by atoms with Crippen molar-refractivity contribution in [1.29, 1.82) is 0 Å². The van der Waals surface area contributed by atoms with Gasteiger partial charge in [0.05, 0.1) is 12.3 Å². The zero-order valence-electron chi connectivity index (χ0n) is 18.1. The summed E-state index contributed by atoms with van der Waals surface area (Å²) in [5.74, 6) is 1.00. The van der Waals surface area contributed by atoms with Gasteiger partial charge in [0.1, 0.15) is 5.75 Å². The molecule has 2 N–H and O–H groups in total. The minimum Gasteiger partial charge on any atom is -0.493 e. The second-order valence-electron chi connectivity index (χ2n) is 8.33. The molecule has 2 aromatic rings. The molecule has 1 heterocycles. The standard InChI is InChI=1S/C24H35N3O3/c1-2-3-4-5-6-7-8-9-16-27-23(17-22(25-27)24(28)26-29)20-12-14-21(15-13-20)30-18-19-10-11-19/h12-15,17,19,29H,2-11,16,18H2,1H3,(H,26,28). The van der Waals surface area contributed by atoms with Gasteiger partial charge in [0.15, 0.2) is 5.69 Å². The Morgan fingerprint density at radius 3 is 2.40 bits per heavy atom. The van der Waals surface area contributed by atoms with E-state index in [1.165, 1.54) is 51.4 Å². The van der Waals surface area contributed by atoms with Crippen molar-refractivity contribution in [3.63, 3.8) is 0 Å². The molecule has 1 fully saturated rings. The van der Waals surface area contributed by atoms with Gasteiger partial charge in [-0.15, -0.1) is 0 Å². The van der Waals surface area contributed by atoms with E-state index >= 15 is 0 Å². The summed E-state index contributed by atoms with van der Waals surface area (Å²) in [5.41, 5.74) is 3.77. The molecule has 164 valence electrons. The van der Waals surface area contributed by atoms with Gasteiger partial charge in [-0.1, -0.05) is 51.9 Å². The van der Waals surface area contributed by atoms with E-state index < -0.39 is 5.91 Å². The SMILES string of the molecule is CCCCCCCCCCn1nc(C(=O)NO)cc1-c1ccc(OCC2CC2)cc1. The van der Waals surface area contributed by atoms with Gasteiger partial charge >= 0.3 is 0 Å². The van der Waals surface area contributed by atoms with E-state index in [9.17, 15) is 4.79 Å². The number of amides is 1. The summed E-state index contributed by atoms with van der Waals surface area (Å²) in [6.07, 6.45) is 12.5. The molecule has 1 amide bonds. The second kappa shape index (κ2) is 11.7. The Labute approximate surface area is 179 Å². The van der Waals surface area contributed by atoms with Crippen molar-refractivity contribution in [2.45, 2.75) is 77.7 Å². The lowest BCUT2D eigenvalue weighted by molar-refractivity contribution is 0.0699. The Kier molecular flexibility index (Phi) is 8.75. The highest BCUT2D eigenvalue weighted by atomic mass is 16.5. The number of hydroxylamine groups is 1. The second-order valence-corrected chi connectivity index (χ2v) is 8.33. The van der Waals surface area contributed by atoms with Crippen LogP contribution in [0.5, 0.6) is 5.75 Å². The van der Waals surface area contributed by atoms with E-state index in [0.29, 0.717) is 0 Å². The van der Waals surface area contributed by atoms with Crippen LogP contribution in [0.1, 0.15) is 81.6 Å². The van der Waals surface area contributed by atoms with E-state index in [-0.39, 0.29) is 5.69 Å². The molecule has 1 aliphatic carbocycles. The highest BCUT2D eigenvalue weighted by Gasteiger charge is 2.22. The number of ether oxygens (including phenoxy) is 1. The third-order valence-electron chi connectivity index (χ3n) is 5.67. The first-order valence-electron chi connectivity index (χ1n) is 11.5. The molecule has 0 saturated heterocycles. The van der Waals surface area contributed by atoms with Crippen LogP contribution in [-0.2, 0) is 6.54 Å². The minimum atomic E-state index is -0.588. The van der Waals surface area contributed by atoms with Crippen molar-refractivity contribution in [1.82, 2.24) is 15.3 Å². The lowest BCUT2D eigenvalue weighted by Gasteiger charge is -2.09. The number of carbonyl (C=O) groups excluding carboxylic acids is 1. The molecular formula is C24H35N3O3. The fraction of sp³-hybridized carbons (Fsp3) is 0.583. The molecule has 6 heteroatoms. The molecule has 6 nitrogen and oxygen atoms in total. The Balaban J connectivity index is 1.58. The fourth-order valence-electron chi connectivity index (χ4n) is 3.60. The third-order valence-corrected chi connectivity index (χ3v) is 5.67. The zero-order valence-corrected chi connectivity index (χ0v) is 18.1. The number of rotatable bonds is 14. The van der Waals surface area contributed by atoms with Gasteiger partial charge in [-0.2, -0.15) is 5.10 Å². The summed E-state index contributed by atoms with van der Waals surface area (Å²) in [5, 5.41) is 13.4. The molecule has 3 rings (SSSR count). The molecule has 0 aliphatic heterocycles. The van der Waals surface area contributed by atoms with Crippen LogP contribution in [0.3, 0.4) is 0 Å². The molecule has 0 radical (unpaired) electrons. The summed E-state index contributed by atoms with van der Waals surface area (Å²) in [6, 6.07) is 9.68. The zero-order chi connectivity index (χ0) is 21.2. The average molecular weight is 414 g/mol. The van der Waals surface area contributed by atoms with Crippen molar-refractivity contribution in [3.8, 4) is 17.0 Å². The molecule has 1 aliphatic rings. The van der Waals surface area contributed by atoms with Crippen LogP contribution in [-0.4, -0.2) is 27.5 Å². The molecule has 1 aromatic carbocycles. The van der Waals surface area contributed by atoms with Crippen LogP contribution in [0.15, 0.2) is 30.3 Å². The van der Waals surface area contributed by atoms with E-state index in [0.717, 1.165) is 48.9 Å². The van der Waals surface area contributed by atoms with Crippen LogP contribution >= 0.6 is 0 Å². The van der Waals surface area contributed by atoms with Crippen LogP contribution < -0.4 is 10.2 Å². The molecule has 0 spiro atoms. The minimum absolute atomic E-state index is 0.223. The normalized spacial score (nSPS) is 13.4. The number of hydrogen-bond acceptors (Lipinski definition) is 4. The first-order chi connectivity index (χ1) is 14.7. The predicted octanol–water partition coefficient (Wildman–Crippen LogP) is 5.60. The summed E-state index contributed by atoms with van der Waals surface area (Å²) in [4.78, 5) is 11.9. The number of aromatic nitrogens is 2. The largest absolute Gasteiger partial charge is 0.493 e. The van der Waals surface area contributed by atoms with E-state index in [1.54, 1.807) is 11.5 Å². The number of aryl methyl sites for hydroxylation is 1. The van der Waals surface area contributed by atoms with Gasteiger partial charge in [-0.05, 0) is 55.5 Å². The maximum atomic E-state index is 11.9. The monoisotopic (exact) mass is 413 g/mol. The van der Waals surface area contributed by atoms with Crippen molar-refractivity contribution < 1.29 is 14.7 Å². The lowest BCUT2D eigenvalue weighted by atomic mass is 10.1. The Morgan fingerprint density at radius 2 is 1.77 bits per heavy atom. The van der Waals surface area contributed by atoms with Crippen LogP contribution in [0.4, 0.5) is 0 Å². The van der Waals surface area contributed by atoms with Gasteiger partial charge < -0.3 is 4.74 Å². The first-order valence-corrected chi connectivity index (χ1v) is 11.5. The topological polar surface area (TPSA) is 76.4 Å². The van der Waals surface area contributed by atoms with Crippen LogP contribution in [0.25, 0.3) is 11.3 Å². The van der Waals surface area contributed by atoms with Crippen molar-refractivity contribution >= 4 is 5.91 Å². The van der Waals surface area contributed by atoms with Crippen molar-refractivity contribution in [2.24, 2.45) is 5.92 Å². The Bertz CT molecular complexity index is 781.